The Hall–Kier alpha value is -1.30. The minimum atomic E-state index is 0. The van der Waals surface area contributed by atoms with Crippen LogP contribution in [0.25, 0.3) is 11.3 Å². The van der Waals surface area contributed by atoms with E-state index in [2.05, 4.69) is 28.7 Å². The third-order valence-corrected chi connectivity index (χ3v) is 4.30. The van der Waals surface area contributed by atoms with Crippen molar-refractivity contribution < 1.29 is 9.26 Å². The number of nitrogens with one attached hydrogen (secondary N) is 1. The van der Waals surface area contributed by atoms with Crippen molar-refractivity contribution >= 4 is 13.5 Å². The fraction of sp³-hybridized carbons (Fsp3) is 0.500. The number of hydrogen-bond acceptors (Lipinski definition) is 4. The molecule has 0 saturated carbocycles. The second-order valence-electron chi connectivity index (χ2n) is 5.53. The van der Waals surface area contributed by atoms with Gasteiger partial charge in [-0.1, -0.05) is 31.1 Å². The van der Waals surface area contributed by atoms with E-state index < -0.39 is 0 Å². The standard InChI is InChI=1S/C16H18N2O2.C2H6.H2S/c1-2-14(17-7-1)16-13-4-3-12(15-5-8-18-20-15)10-11(13)6-9-19-16;1-2;/h3-5,8,10,14,16-17H,1-2,6-7,9H2;1-2H3;1H2/t14?,16-;;/m0../s1. The van der Waals surface area contributed by atoms with Crippen LogP contribution in [0.2, 0.25) is 0 Å². The number of aromatic nitrogens is 1. The van der Waals surface area contributed by atoms with Gasteiger partial charge in [-0.25, -0.2) is 0 Å². The fourth-order valence-corrected chi connectivity index (χ4v) is 3.31. The summed E-state index contributed by atoms with van der Waals surface area (Å²) < 4.78 is 11.3. The molecule has 1 unspecified atom stereocenters. The van der Waals surface area contributed by atoms with Crippen molar-refractivity contribution in [2.45, 2.75) is 45.3 Å². The quantitative estimate of drug-likeness (QED) is 0.906. The van der Waals surface area contributed by atoms with Gasteiger partial charge in [-0.15, -0.1) is 0 Å². The highest BCUT2D eigenvalue weighted by Crippen LogP contribution is 2.35. The third-order valence-electron chi connectivity index (χ3n) is 4.30. The van der Waals surface area contributed by atoms with Gasteiger partial charge in [0.05, 0.1) is 18.9 Å². The molecule has 1 fully saturated rings. The van der Waals surface area contributed by atoms with Crippen LogP contribution in [-0.4, -0.2) is 24.4 Å². The monoisotopic (exact) mass is 334 g/mol. The maximum Gasteiger partial charge on any atom is 0.166 e. The van der Waals surface area contributed by atoms with Crippen LogP contribution in [0.1, 0.15) is 43.9 Å². The van der Waals surface area contributed by atoms with E-state index >= 15 is 0 Å². The van der Waals surface area contributed by atoms with Gasteiger partial charge in [0.2, 0.25) is 0 Å². The van der Waals surface area contributed by atoms with Crippen molar-refractivity contribution in [1.82, 2.24) is 10.5 Å². The van der Waals surface area contributed by atoms with Gasteiger partial charge in [0.25, 0.3) is 0 Å². The smallest absolute Gasteiger partial charge is 0.166 e. The molecule has 5 heteroatoms. The molecule has 0 aliphatic carbocycles. The van der Waals surface area contributed by atoms with Crippen LogP contribution in [0.15, 0.2) is 35.0 Å². The molecule has 3 heterocycles. The van der Waals surface area contributed by atoms with Crippen LogP contribution in [0.3, 0.4) is 0 Å². The average molecular weight is 334 g/mol. The van der Waals surface area contributed by atoms with Crippen LogP contribution >= 0.6 is 13.5 Å². The Balaban J connectivity index is 0.000000617. The Morgan fingerprint density at radius 1 is 1.22 bits per heavy atom. The Labute approximate surface area is 145 Å². The zero-order valence-corrected chi connectivity index (χ0v) is 14.8. The molecule has 0 amide bonds. The molecule has 126 valence electrons. The molecule has 4 rings (SSSR count). The summed E-state index contributed by atoms with van der Waals surface area (Å²) in [7, 11) is 0. The Kier molecular flexibility index (Phi) is 6.69. The SMILES string of the molecule is CC.S.c1cc(-c2ccc3c(c2)CCO[C@@H]3C2CCCN2)on1. The zero-order chi connectivity index (χ0) is 15.4. The van der Waals surface area contributed by atoms with Gasteiger partial charge in [-0.05, 0) is 43.0 Å². The minimum Gasteiger partial charge on any atom is -0.372 e. The topological polar surface area (TPSA) is 47.3 Å². The average Bonchev–Trinajstić information content (AvgIpc) is 3.29. The lowest BCUT2D eigenvalue weighted by atomic mass is 9.91. The molecule has 4 nitrogen and oxygen atoms in total. The molecule has 1 N–H and O–H groups in total. The minimum absolute atomic E-state index is 0. The molecule has 2 aromatic rings. The molecule has 23 heavy (non-hydrogen) atoms. The summed E-state index contributed by atoms with van der Waals surface area (Å²) in [5.41, 5.74) is 3.81. The van der Waals surface area contributed by atoms with Gasteiger partial charge >= 0.3 is 0 Å². The lowest BCUT2D eigenvalue weighted by Crippen LogP contribution is -2.33. The van der Waals surface area contributed by atoms with Gasteiger partial charge in [-0.3, -0.25) is 0 Å². The van der Waals surface area contributed by atoms with Gasteiger partial charge in [-0.2, -0.15) is 13.5 Å². The zero-order valence-electron chi connectivity index (χ0n) is 13.8. The van der Waals surface area contributed by atoms with Crippen molar-refractivity contribution in [1.29, 1.82) is 0 Å². The molecule has 0 radical (unpaired) electrons. The number of rotatable bonds is 2. The first-order valence-electron chi connectivity index (χ1n) is 8.31. The fourth-order valence-electron chi connectivity index (χ4n) is 3.31. The van der Waals surface area contributed by atoms with E-state index in [9.17, 15) is 0 Å². The molecule has 1 saturated heterocycles. The van der Waals surface area contributed by atoms with Crippen LogP contribution in [0.5, 0.6) is 0 Å². The van der Waals surface area contributed by atoms with Gasteiger partial charge in [0, 0.05) is 17.7 Å². The van der Waals surface area contributed by atoms with E-state index in [-0.39, 0.29) is 19.6 Å². The van der Waals surface area contributed by atoms with Gasteiger partial charge < -0.3 is 14.6 Å². The van der Waals surface area contributed by atoms with Crippen LogP contribution in [0, 0.1) is 0 Å². The van der Waals surface area contributed by atoms with Gasteiger partial charge in [0.15, 0.2) is 5.76 Å². The van der Waals surface area contributed by atoms with Crippen molar-refractivity contribution in [3.8, 4) is 11.3 Å². The number of benzene rings is 1. The summed E-state index contributed by atoms with van der Waals surface area (Å²) >= 11 is 0. The maximum absolute atomic E-state index is 6.02. The number of hydrogen-bond donors (Lipinski definition) is 1. The lowest BCUT2D eigenvalue weighted by molar-refractivity contribution is 0.0199. The second-order valence-corrected chi connectivity index (χ2v) is 5.53. The summed E-state index contributed by atoms with van der Waals surface area (Å²) in [4.78, 5) is 0. The molecular formula is C18H26N2O2S. The largest absolute Gasteiger partial charge is 0.372 e. The predicted molar refractivity (Wildman–Crippen MR) is 97.1 cm³/mol. The highest BCUT2D eigenvalue weighted by atomic mass is 32.1. The first-order valence-corrected chi connectivity index (χ1v) is 8.31. The van der Waals surface area contributed by atoms with Crippen molar-refractivity contribution in [2.24, 2.45) is 0 Å². The summed E-state index contributed by atoms with van der Waals surface area (Å²) in [5, 5.41) is 7.33. The van der Waals surface area contributed by atoms with Crippen molar-refractivity contribution in [3.05, 3.63) is 41.6 Å². The molecule has 0 spiro atoms. The Morgan fingerprint density at radius 3 is 2.78 bits per heavy atom. The Morgan fingerprint density at radius 2 is 2.09 bits per heavy atom. The molecule has 1 aromatic carbocycles. The summed E-state index contributed by atoms with van der Waals surface area (Å²) in [6, 6.07) is 8.88. The van der Waals surface area contributed by atoms with Crippen LogP contribution < -0.4 is 5.32 Å². The predicted octanol–water partition coefficient (Wildman–Crippen LogP) is 3.85. The first kappa shape index (κ1) is 18.0. The van der Waals surface area contributed by atoms with Gasteiger partial charge in [0.1, 0.15) is 0 Å². The summed E-state index contributed by atoms with van der Waals surface area (Å²) in [6.07, 6.45) is 5.30. The highest BCUT2D eigenvalue weighted by molar-refractivity contribution is 7.59. The van der Waals surface area contributed by atoms with E-state index in [1.807, 2.05) is 19.9 Å². The molecule has 2 atom stereocenters. The number of nitrogens with zero attached hydrogens (tertiary/aromatic N) is 1. The molecule has 2 aliphatic heterocycles. The molecule has 1 aromatic heterocycles. The molecule has 2 aliphatic rings. The lowest BCUT2D eigenvalue weighted by Gasteiger charge is -2.30. The highest BCUT2D eigenvalue weighted by Gasteiger charge is 2.30. The number of fused-ring (bicyclic) bond motifs is 1. The summed E-state index contributed by atoms with van der Waals surface area (Å²) in [6.45, 7) is 5.91. The normalized spacial score (nSPS) is 22.5. The number of ether oxygens (including phenoxy) is 1. The van der Waals surface area contributed by atoms with E-state index in [1.54, 1.807) is 6.20 Å². The van der Waals surface area contributed by atoms with Crippen LogP contribution in [0.4, 0.5) is 0 Å². The molecule has 0 bridgehead atoms. The molecular weight excluding hydrogens is 308 g/mol. The van der Waals surface area contributed by atoms with E-state index in [4.69, 9.17) is 9.26 Å². The maximum atomic E-state index is 6.02. The second kappa shape index (κ2) is 8.52. The first-order chi connectivity index (χ1) is 10.9. The third kappa shape index (κ3) is 3.79. The van der Waals surface area contributed by atoms with Crippen LogP contribution in [-0.2, 0) is 11.2 Å². The van der Waals surface area contributed by atoms with E-state index in [0.29, 0.717) is 6.04 Å². The van der Waals surface area contributed by atoms with E-state index in [1.165, 1.54) is 24.0 Å². The van der Waals surface area contributed by atoms with E-state index in [0.717, 1.165) is 30.9 Å². The van der Waals surface area contributed by atoms with Crippen molar-refractivity contribution in [2.75, 3.05) is 13.2 Å². The Bertz CT molecular complexity index is 595. The summed E-state index contributed by atoms with van der Waals surface area (Å²) in [5.74, 6) is 0.829. The van der Waals surface area contributed by atoms with Crippen molar-refractivity contribution in [3.63, 3.8) is 0 Å².